The molecule has 2 amide bonds. The molecule has 1 saturated carbocycles. The lowest BCUT2D eigenvalue weighted by Gasteiger charge is -2.33. The molecule has 2 fully saturated rings. The Balaban J connectivity index is 1.31. The molecular formula is C20H29N3O. The van der Waals surface area contributed by atoms with Crippen LogP contribution in [-0.4, -0.2) is 47.5 Å². The quantitative estimate of drug-likeness (QED) is 0.906. The number of amides is 2. The number of nitrogens with one attached hydrogen (secondary N) is 1. The zero-order valence-electron chi connectivity index (χ0n) is 14.5. The van der Waals surface area contributed by atoms with Gasteiger partial charge in [-0.1, -0.05) is 43.5 Å². The lowest BCUT2D eigenvalue weighted by Crippen LogP contribution is -2.46. The van der Waals surface area contributed by atoms with Crippen molar-refractivity contribution >= 4 is 6.03 Å². The minimum Gasteiger partial charge on any atom is -0.335 e. The van der Waals surface area contributed by atoms with Gasteiger partial charge in [-0.05, 0) is 36.8 Å². The number of benzene rings is 1. The van der Waals surface area contributed by atoms with Crippen LogP contribution in [-0.2, 0) is 13.0 Å². The Hall–Kier alpha value is -1.55. The van der Waals surface area contributed by atoms with E-state index in [-0.39, 0.29) is 6.03 Å². The van der Waals surface area contributed by atoms with Crippen molar-refractivity contribution in [2.75, 3.05) is 19.6 Å². The lowest BCUT2D eigenvalue weighted by molar-refractivity contribution is 0.170. The maximum Gasteiger partial charge on any atom is 0.317 e. The molecule has 0 radical (unpaired) electrons. The average molecular weight is 327 g/mol. The fraction of sp³-hybridized carbons (Fsp3) is 0.650. The van der Waals surface area contributed by atoms with E-state index in [1.165, 1.54) is 30.4 Å². The van der Waals surface area contributed by atoms with E-state index in [4.69, 9.17) is 0 Å². The van der Waals surface area contributed by atoms with Crippen molar-refractivity contribution in [2.24, 2.45) is 0 Å². The zero-order valence-corrected chi connectivity index (χ0v) is 14.5. The Morgan fingerprint density at radius 1 is 1.00 bits per heavy atom. The van der Waals surface area contributed by atoms with Crippen molar-refractivity contribution in [2.45, 2.75) is 63.6 Å². The number of hydrogen-bond acceptors (Lipinski definition) is 2. The van der Waals surface area contributed by atoms with Crippen LogP contribution in [0.25, 0.3) is 0 Å². The summed E-state index contributed by atoms with van der Waals surface area (Å²) in [7, 11) is 0. The molecule has 4 nitrogen and oxygen atoms in total. The molecule has 0 aromatic heterocycles. The SMILES string of the molecule is O=C(NC1CCCCC1)N1CCC(N2CCc3ccccc3C2)C1. The summed E-state index contributed by atoms with van der Waals surface area (Å²) in [5.41, 5.74) is 2.97. The molecule has 24 heavy (non-hydrogen) atoms. The maximum atomic E-state index is 12.5. The second-order valence-electron chi connectivity index (χ2n) is 7.66. The van der Waals surface area contributed by atoms with Gasteiger partial charge in [-0.25, -0.2) is 4.79 Å². The van der Waals surface area contributed by atoms with Crippen LogP contribution >= 0.6 is 0 Å². The van der Waals surface area contributed by atoms with Gasteiger partial charge in [0.2, 0.25) is 0 Å². The second kappa shape index (κ2) is 7.14. The number of likely N-dealkylation sites (tertiary alicyclic amines) is 1. The Labute approximate surface area is 145 Å². The standard InChI is InChI=1S/C20H29N3O/c24-20(21-18-8-2-1-3-9-18)23-13-11-19(15-23)22-12-10-16-6-4-5-7-17(16)14-22/h4-7,18-19H,1-3,8-15H2,(H,21,24). The number of nitrogens with zero attached hydrogens (tertiary/aromatic N) is 2. The number of hydrogen-bond donors (Lipinski definition) is 1. The third-order valence-corrected chi connectivity index (χ3v) is 6.06. The highest BCUT2D eigenvalue weighted by Crippen LogP contribution is 2.25. The molecule has 4 heteroatoms. The first-order valence-corrected chi connectivity index (χ1v) is 9.66. The molecule has 1 aromatic carbocycles. The van der Waals surface area contributed by atoms with Gasteiger partial charge in [0, 0.05) is 38.3 Å². The molecular weight excluding hydrogens is 298 g/mol. The molecule has 1 aliphatic carbocycles. The minimum absolute atomic E-state index is 0.168. The Bertz CT molecular complexity index is 582. The van der Waals surface area contributed by atoms with E-state index in [0.717, 1.165) is 51.9 Å². The summed E-state index contributed by atoms with van der Waals surface area (Å²) in [4.78, 5) is 17.2. The van der Waals surface area contributed by atoms with E-state index in [2.05, 4.69) is 34.5 Å². The molecule has 1 saturated heterocycles. The summed E-state index contributed by atoms with van der Waals surface area (Å²) in [6, 6.07) is 9.89. The van der Waals surface area contributed by atoms with E-state index in [1.54, 1.807) is 0 Å². The minimum atomic E-state index is 0.168. The number of rotatable bonds is 2. The van der Waals surface area contributed by atoms with Gasteiger partial charge >= 0.3 is 6.03 Å². The predicted molar refractivity (Wildman–Crippen MR) is 95.9 cm³/mol. The highest BCUT2D eigenvalue weighted by molar-refractivity contribution is 5.74. The van der Waals surface area contributed by atoms with Crippen LogP contribution in [0.15, 0.2) is 24.3 Å². The molecule has 130 valence electrons. The molecule has 1 N–H and O–H groups in total. The summed E-state index contributed by atoms with van der Waals surface area (Å²) in [6.45, 7) is 3.96. The van der Waals surface area contributed by atoms with E-state index < -0.39 is 0 Å². The van der Waals surface area contributed by atoms with Gasteiger partial charge in [0.25, 0.3) is 0 Å². The summed E-state index contributed by atoms with van der Waals surface area (Å²) >= 11 is 0. The number of carbonyl (C=O) groups excluding carboxylic acids is 1. The van der Waals surface area contributed by atoms with Gasteiger partial charge in [-0.2, -0.15) is 0 Å². The van der Waals surface area contributed by atoms with Gasteiger partial charge in [-0.3, -0.25) is 4.90 Å². The van der Waals surface area contributed by atoms with E-state index in [0.29, 0.717) is 12.1 Å². The van der Waals surface area contributed by atoms with Crippen LogP contribution in [0.5, 0.6) is 0 Å². The Kier molecular flexibility index (Phi) is 4.74. The van der Waals surface area contributed by atoms with E-state index in [9.17, 15) is 4.79 Å². The summed E-state index contributed by atoms with van der Waals surface area (Å²) in [5.74, 6) is 0. The topological polar surface area (TPSA) is 35.6 Å². The van der Waals surface area contributed by atoms with Crippen molar-refractivity contribution in [1.29, 1.82) is 0 Å². The fourth-order valence-corrected chi connectivity index (χ4v) is 4.57. The molecule has 2 aliphatic heterocycles. The normalized spacial score (nSPS) is 25.5. The number of fused-ring (bicyclic) bond motifs is 1. The van der Waals surface area contributed by atoms with Gasteiger partial charge in [0.1, 0.15) is 0 Å². The average Bonchev–Trinajstić information content (AvgIpc) is 3.12. The van der Waals surface area contributed by atoms with Crippen LogP contribution in [0.1, 0.15) is 49.7 Å². The van der Waals surface area contributed by atoms with Crippen molar-refractivity contribution in [3.8, 4) is 0 Å². The molecule has 1 atom stereocenters. The zero-order chi connectivity index (χ0) is 16.4. The Morgan fingerprint density at radius 2 is 1.79 bits per heavy atom. The van der Waals surface area contributed by atoms with Crippen LogP contribution in [0.3, 0.4) is 0 Å². The van der Waals surface area contributed by atoms with E-state index >= 15 is 0 Å². The van der Waals surface area contributed by atoms with Gasteiger partial charge in [0.15, 0.2) is 0 Å². The smallest absolute Gasteiger partial charge is 0.317 e. The van der Waals surface area contributed by atoms with Crippen LogP contribution in [0.2, 0.25) is 0 Å². The Morgan fingerprint density at radius 3 is 2.62 bits per heavy atom. The first kappa shape index (κ1) is 15.9. The molecule has 1 aromatic rings. The highest BCUT2D eigenvalue weighted by Gasteiger charge is 2.32. The number of carbonyl (C=O) groups is 1. The van der Waals surface area contributed by atoms with Gasteiger partial charge in [-0.15, -0.1) is 0 Å². The maximum absolute atomic E-state index is 12.5. The van der Waals surface area contributed by atoms with Crippen molar-refractivity contribution < 1.29 is 4.79 Å². The number of urea groups is 1. The second-order valence-corrected chi connectivity index (χ2v) is 7.66. The summed E-state index contributed by atoms with van der Waals surface area (Å²) in [5, 5.41) is 3.27. The van der Waals surface area contributed by atoms with Crippen LogP contribution in [0, 0.1) is 0 Å². The first-order chi connectivity index (χ1) is 11.8. The van der Waals surface area contributed by atoms with Crippen molar-refractivity contribution in [3.05, 3.63) is 35.4 Å². The molecule has 2 heterocycles. The van der Waals surface area contributed by atoms with Crippen LogP contribution in [0.4, 0.5) is 4.79 Å². The lowest BCUT2D eigenvalue weighted by atomic mass is 9.96. The fourth-order valence-electron chi connectivity index (χ4n) is 4.57. The highest BCUT2D eigenvalue weighted by atomic mass is 16.2. The van der Waals surface area contributed by atoms with Crippen molar-refractivity contribution in [1.82, 2.24) is 15.1 Å². The van der Waals surface area contributed by atoms with Crippen LogP contribution < -0.4 is 5.32 Å². The third-order valence-electron chi connectivity index (χ3n) is 6.06. The van der Waals surface area contributed by atoms with E-state index in [1.807, 2.05) is 4.90 Å². The molecule has 3 aliphatic rings. The van der Waals surface area contributed by atoms with Crippen molar-refractivity contribution in [3.63, 3.8) is 0 Å². The molecule has 0 bridgehead atoms. The largest absolute Gasteiger partial charge is 0.335 e. The molecule has 0 spiro atoms. The predicted octanol–water partition coefficient (Wildman–Crippen LogP) is 3.16. The molecule has 1 unspecified atom stereocenters. The molecule has 4 rings (SSSR count). The third kappa shape index (κ3) is 3.44. The van der Waals surface area contributed by atoms with Gasteiger partial charge in [0.05, 0.1) is 0 Å². The summed E-state index contributed by atoms with van der Waals surface area (Å²) < 4.78 is 0. The summed E-state index contributed by atoms with van der Waals surface area (Å²) in [6.07, 6.45) is 8.43. The first-order valence-electron chi connectivity index (χ1n) is 9.66. The monoisotopic (exact) mass is 327 g/mol. The van der Waals surface area contributed by atoms with Gasteiger partial charge < -0.3 is 10.2 Å².